The molecule has 0 saturated heterocycles. The highest BCUT2D eigenvalue weighted by Gasteiger charge is 2.29. The van der Waals surface area contributed by atoms with Gasteiger partial charge in [0.1, 0.15) is 6.04 Å². The lowest BCUT2D eigenvalue weighted by Gasteiger charge is -2.32. The van der Waals surface area contributed by atoms with Gasteiger partial charge in [-0.3, -0.25) is 13.9 Å². The Hall–Kier alpha value is -2.29. The second-order valence-electron chi connectivity index (χ2n) is 9.80. The molecule has 10 heteroatoms. The molecule has 210 valence electrons. The average molecular weight is 585 g/mol. The number of nitrogens with one attached hydrogen (secondary N) is 1. The molecular formula is C28H39Cl2N3O4S. The maximum absolute atomic E-state index is 13.6. The summed E-state index contributed by atoms with van der Waals surface area (Å²) < 4.78 is 26.5. The molecule has 0 aliphatic heterocycles. The van der Waals surface area contributed by atoms with E-state index in [9.17, 15) is 18.0 Å². The van der Waals surface area contributed by atoms with Gasteiger partial charge in [0.15, 0.2) is 0 Å². The van der Waals surface area contributed by atoms with E-state index in [-0.39, 0.29) is 37.4 Å². The van der Waals surface area contributed by atoms with Gasteiger partial charge in [-0.1, -0.05) is 49.2 Å². The van der Waals surface area contributed by atoms with E-state index >= 15 is 0 Å². The van der Waals surface area contributed by atoms with Crippen molar-refractivity contribution < 1.29 is 18.0 Å². The van der Waals surface area contributed by atoms with E-state index in [4.69, 9.17) is 23.2 Å². The van der Waals surface area contributed by atoms with Crippen molar-refractivity contribution in [1.82, 2.24) is 10.2 Å². The van der Waals surface area contributed by atoms with Crippen LogP contribution in [0.5, 0.6) is 0 Å². The van der Waals surface area contributed by atoms with E-state index in [1.54, 1.807) is 23.1 Å². The molecule has 0 bridgehead atoms. The van der Waals surface area contributed by atoms with Gasteiger partial charge in [0.05, 0.1) is 22.0 Å². The Balaban J connectivity index is 2.28. The second kappa shape index (κ2) is 14.2. The summed E-state index contributed by atoms with van der Waals surface area (Å²) in [5.74, 6) is -0.459. The highest BCUT2D eigenvalue weighted by atomic mass is 35.5. The fourth-order valence-electron chi connectivity index (χ4n) is 4.29. The number of rotatable bonds is 13. The summed E-state index contributed by atoms with van der Waals surface area (Å²) in [5.41, 5.74) is 3.23. The van der Waals surface area contributed by atoms with Gasteiger partial charge in [0.2, 0.25) is 21.8 Å². The van der Waals surface area contributed by atoms with Crippen molar-refractivity contribution >= 4 is 50.7 Å². The molecule has 2 atom stereocenters. The molecule has 2 aromatic carbocycles. The van der Waals surface area contributed by atoms with Crippen molar-refractivity contribution in [1.29, 1.82) is 0 Å². The Bertz CT molecular complexity index is 1220. The number of nitrogens with zero attached hydrogens (tertiary/aromatic N) is 2. The number of carbonyl (C=O) groups excluding carboxylic acids is 2. The lowest BCUT2D eigenvalue weighted by atomic mass is 10.1. The first-order valence-electron chi connectivity index (χ1n) is 12.9. The Kier molecular flexibility index (Phi) is 11.9. The monoisotopic (exact) mass is 583 g/mol. The molecule has 0 spiro atoms. The molecule has 0 aromatic heterocycles. The summed E-state index contributed by atoms with van der Waals surface area (Å²) in [7, 11) is -3.56. The van der Waals surface area contributed by atoms with Crippen molar-refractivity contribution in [2.75, 3.05) is 17.1 Å². The molecule has 0 aliphatic rings. The summed E-state index contributed by atoms with van der Waals surface area (Å²) in [5, 5.41) is 3.75. The topological polar surface area (TPSA) is 86.8 Å². The van der Waals surface area contributed by atoms with Crippen LogP contribution < -0.4 is 9.62 Å². The minimum absolute atomic E-state index is 0.0282. The predicted molar refractivity (Wildman–Crippen MR) is 156 cm³/mol. The van der Waals surface area contributed by atoms with Gasteiger partial charge in [-0.25, -0.2) is 8.42 Å². The van der Waals surface area contributed by atoms with Gasteiger partial charge >= 0.3 is 0 Å². The van der Waals surface area contributed by atoms with E-state index in [0.717, 1.165) is 29.4 Å². The van der Waals surface area contributed by atoms with Crippen LogP contribution in [0.3, 0.4) is 0 Å². The zero-order valence-electron chi connectivity index (χ0n) is 23.1. The standard InChI is InChI=1S/C28H39Cl2N3O4S/c1-7-21(5)31-28(35)26(8-2)32(18-22-11-12-24(29)25(30)17-22)27(34)10-9-13-33(38(6,36)37)23-15-19(3)14-20(4)16-23/h11-12,14-17,21,26H,7-10,13,18H2,1-6H3,(H,31,35). The van der Waals surface area contributed by atoms with Crippen LogP contribution in [0.2, 0.25) is 10.0 Å². The largest absolute Gasteiger partial charge is 0.352 e. The van der Waals surface area contributed by atoms with Gasteiger partial charge in [-0.2, -0.15) is 0 Å². The first kappa shape index (κ1) is 31.9. The number of amides is 2. The fraction of sp³-hybridized carbons (Fsp3) is 0.500. The lowest BCUT2D eigenvalue weighted by molar-refractivity contribution is -0.141. The van der Waals surface area contributed by atoms with Crippen LogP contribution in [0.1, 0.15) is 63.1 Å². The SMILES string of the molecule is CCC(C)NC(=O)C(CC)N(Cc1ccc(Cl)c(Cl)c1)C(=O)CCCN(c1cc(C)cc(C)c1)S(C)(=O)=O. The first-order chi connectivity index (χ1) is 17.8. The number of anilines is 1. The van der Waals surface area contributed by atoms with Crippen LogP contribution in [0.15, 0.2) is 36.4 Å². The summed E-state index contributed by atoms with van der Waals surface area (Å²) >= 11 is 12.3. The zero-order valence-corrected chi connectivity index (χ0v) is 25.4. The van der Waals surface area contributed by atoms with Crippen LogP contribution in [0, 0.1) is 13.8 Å². The Morgan fingerprint density at radius 2 is 1.61 bits per heavy atom. The molecule has 2 amide bonds. The number of halogens is 2. The summed E-state index contributed by atoms with van der Waals surface area (Å²) in [4.78, 5) is 28.2. The molecule has 1 N–H and O–H groups in total. The zero-order chi connectivity index (χ0) is 28.6. The summed E-state index contributed by atoms with van der Waals surface area (Å²) in [6, 6.07) is 10.0. The smallest absolute Gasteiger partial charge is 0.243 e. The molecule has 7 nitrogen and oxygen atoms in total. The Morgan fingerprint density at radius 3 is 2.13 bits per heavy atom. The maximum atomic E-state index is 13.6. The van der Waals surface area contributed by atoms with E-state index < -0.39 is 16.1 Å². The summed E-state index contributed by atoms with van der Waals surface area (Å²) in [6.07, 6.45) is 2.72. The quantitative estimate of drug-likeness (QED) is 0.319. The van der Waals surface area contributed by atoms with Gasteiger partial charge < -0.3 is 10.2 Å². The summed E-state index contributed by atoms with van der Waals surface area (Å²) in [6.45, 7) is 9.91. The number of carbonyl (C=O) groups is 2. The molecule has 0 saturated carbocycles. The number of aryl methyl sites for hydroxylation is 2. The van der Waals surface area contributed by atoms with Crippen LogP contribution in [-0.4, -0.2) is 50.0 Å². The number of sulfonamides is 1. The third-order valence-corrected chi connectivity index (χ3v) is 8.30. The van der Waals surface area contributed by atoms with Crippen LogP contribution in [0.25, 0.3) is 0 Å². The third kappa shape index (κ3) is 9.17. The number of benzene rings is 2. The van der Waals surface area contributed by atoms with E-state index in [1.807, 2.05) is 52.8 Å². The molecule has 0 heterocycles. The van der Waals surface area contributed by atoms with Crippen molar-refractivity contribution in [3.8, 4) is 0 Å². The molecular weight excluding hydrogens is 545 g/mol. The minimum Gasteiger partial charge on any atom is -0.352 e. The van der Waals surface area contributed by atoms with Crippen molar-refractivity contribution in [2.45, 2.75) is 78.9 Å². The van der Waals surface area contributed by atoms with Gasteiger partial charge in [-0.15, -0.1) is 0 Å². The molecule has 0 radical (unpaired) electrons. The molecule has 0 fully saturated rings. The maximum Gasteiger partial charge on any atom is 0.243 e. The molecule has 2 aromatic rings. The van der Waals surface area contributed by atoms with Gasteiger partial charge in [0.25, 0.3) is 0 Å². The van der Waals surface area contributed by atoms with Crippen LogP contribution in [0.4, 0.5) is 5.69 Å². The van der Waals surface area contributed by atoms with E-state index in [0.29, 0.717) is 28.6 Å². The van der Waals surface area contributed by atoms with Crippen molar-refractivity contribution in [3.63, 3.8) is 0 Å². The van der Waals surface area contributed by atoms with Crippen LogP contribution >= 0.6 is 23.2 Å². The molecule has 0 aliphatic carbocycles. The highest BCUT2D eigenvalue weighted by Crippen LogP contribution is 2.25. The fourth-order valence-corrected chi connectivity index (χ4v) is 5.56. The Morgan fingerprint density at radius 1 is 0.974 bits per heavy atom. The number of hydrogen-bond acceptors (Lipinski definition) is 4. The minimum atomic E-state index is -3.56. The Labute approximate surface area is 237 Å². The highest BCUT2D eigenvalue weighted by molar-refractivity contribution is 7.92. The van der Waals surface area contributed by atoms with E-state index in [1.165, 1.54) is 4.31 Å². The third-order valence-electron chi connectivity index (χ3n) is 6.37. The average Bonchev–Trinajstić information content (AvgIpc) is 2.82. The second-order valence-corrected chi connectivity index (χ2v) is 12.5. The van der Waals surface area contributed by atoms with Gasteiger partial charge in [0, 0.05) is 25.6 Å². The first-order valence-corrected chi connectivity index (χ1v) is 15.5. The number of hydrogen-bond donors (Lipinski definition) is 1. The lowest BCUT2D eigenvalue weighted by Crippen LogP contribution is -2.50. The molecule has 38 heavy (non-hydrogen) atoms. The normalized spacial score (nSPS) is 13.1. The van der Waals surface area contributed by atoms with Crippen molar-refractivity contribution in [3.05, 3.63) is 63.1 Å². The van der Waals surface area contributed by atoms with E-state index in [2.05, 4.69) is 5.32 Å². The predicted octanol–water partition coefficient (Wildman–Crippen LogP) is 5.88. The molecule has 2 unspecified atom stereocenters. The molecule has 2 rings (SSSR count). The van der Waals surface area contributed by atoms with Crippen LogP contribution in [-0.2, 0) is 26.2 Å². The van der Waals surface area contributed by atoms with Crippen molar-refractivity contribution in [2.24, 2.45) is 0 Å². The van der Waals surface area contributed by atoms with Gasteiger partial charge in [-0.05, 0) is 81.0 Å².